The Morgan fingerprint density at radius 2 is 0.522 bits per heavy atom. The van der Waals surface area contributed by atoms with Crippen LogP contribution in [-0.4, -0.2) is 96.7 Å². The zero-order chi connectivity index (χ0) is 68.2. The lowest BCUT2D eigenvalue weighted by Crippen LogP contribution is -2.30. The first-order valence-electron chi connectivity index (χ1n) is 37.7. The number of carbonyl (C=O) groups is 4. The van der Waals surface area contributed by atoms with Crippen LogP contribution in [0.4, 0.5) is 0 Å². The molecule has 0 bridgehead atoms. The van der Waals surface area contributed by atoms with Gasteiger partial charge in [0.1, 0.15) is 19.3 Å². The Labute approximate surface area is 562 Å². The van der Waals surface area contributed by atoms with Crippen molar-refractivity contribution >= 4 is 39.5 Å². The van der Waals surface area contributed by atoms with Crippen molar-refractivity contribution in [3.8, 4) is 0 Å². The van der Waals surface area contributed by atoms with Crippen LogP contribution < -0.4 is 0 Å². The van der Waals surface area contributed by atoms with E-state index in [0.717, 1.165) is 120 Å². The smallest absolute Gasteiger partial charge is 0.462 e. The minimum Gasteiger partial charge on any atom is -0.462 e. The van der Waals surface area contributed by atoms with Crippen LogP contribution in [0.5, 0.6) is 0 Å². The van der Waals surface area contributed by atoms with Crippen molar-refractivity contribution in [2.75, 3.05) is 39.6 Å². The zero-order valence-electron chi connectivity index (χ0n) is 60.2. The Morgan fingerprint density at radius 1 is 0.304 bits per heavy atom. The molecule has 0 aromatic heterocycles. The maximum absolute atomic E-state index is 13.0. The van der Waals surface area contributed by atoms with Crippen LogP contribution >= 0.6 is 15.6 Å². The fraction of sp³-hybridized carbons (Fsp3) is 0.945. The van der Waals surface area contributed by atoms with Crippen LogP contribution in [0, 0.1) is 23.7 Å². The number of phosphoric acid groups is 2. The minimum absolute atomic E-state index is 0.106. The summed E-state index contributed by atoms with van der Waals surface area (Å²) >= 11 is 0. The van der Waals surface area contributed by atoms with E-state index in [9.17, 15) is 43.2 Å². The Bertz CT molecular complexity index is 1820. The third-order valence-electron chi connectivity index (χ3n) is 17.2. The average Bonchev–Trinajstić information content (AvgIpc) is 2.37. The fourth-order valence-electron chi connectivity index (χ4n) is 11.0. The summed E-state index contributed by atoms with van der Waals surface area (Å²) in [5, 5.41) is 10.6. The summed E-state index contributed by atoms with van der Waals surface area (Å²) in [4.78, 5) is 72.6. The van der Waals surface area contributed by atoms with Gasteiger partial charge in [-0.2, -0.15) is 0 Å². The van der Waals surface area contributed by atoms with Crippen LogP contribution in [0.25, 0.3) is 0 Å². The van der Waals surface area contributed by atoms with E-state index < -0.39 is 97.5 Å². The first-order chi connectivity index (χ1) is 44.1. The van der Waals surface area contributed by atoms with Gasteiger partial charge >= 0.3 is 39.5 Å². The summed E-state index contributed by atoms with van der Waals surface area (Å²) in [7, 11) is -9.91. The lowest BCUT2D eigenvalue weighted by atomic mass is 10.00. The molecule has 17 nitrogen and oxygen atoms in total. The van der Waals surface area contributed by atoms with Crippen LogP contribution in [0.3, 0.4) is 0 Å². The first-order valence-corrected chi connectivity index (χ1v) is 40.7. The molecule has 0 spiro atoms. The van der Waals surface area contributed by atoms with E-state index in [0.29, 0.717) is 31.6 Å². The fourth-order valence-corrected chi connectivity index (χ4v) is 12.6. The quantitative estimate of drug-likeness (QED) is 0.0222. The number of phosphoric ester groups is 2. The largest absolute Gasteiger partial charge is 0.472 e. The van der Waals surface area contributed by atoms with Crippen molar-refractivity contribution in [2.24, 2.45) is 23.7 Å². The van der Waals surface area contributed by atoms with Crippen molar-refractivity contribution in [1.29, 1.82) is 0 Å². The van der Waals surface area contributed by atoms with Gasteiger partial charge in [0.05, 0.1) is 26.4 Å². The molecule has 0 aromatic rings. The number of hydrogen-bond donors (Lipinski definition) is 3. The summed E-state index contributed by atoms with van der Waals surface area (Å²) in [5.74, 6) is 0.864. The van der Waals surface area contributed by atoms with Crippen molar-refractivity contribution in [3.63, 3.8) is 0 Å². The van der Waals surface area contributed by atoms with Gasteiger partial charge in [-0.3, -0.25) is 37.3 Å². The van der Waals surface area contributed by atoms with Gasteiger partial charge < -0.3 is 33.8 Å². The second-order valence-electron chi connectivity index (χ2n) is 28.0. The highest BCUT2D eigenvalue weighted by atomic mass is 31.2. The van der Waals surface area contributed by atoms with E-state index in [1.807, 2.05) is 0 Å². The molecule has 0 fully saturated rings. The molecule has 0 aliphatic heterocycles. The van der Waals surface area contributed by atoms with Crippen LogP contribution in [0.15, 0.2) is 0 Å². The Morgan fingerprint density at radius 3 is 0.772 bits per heavy atom. The lowest BCUT2D eigenvalue weighted by molar-refractivity contribution is -0.161. The standard InChI is InChI=1S/C73H142O17P2/c1-9-66(8)52-44-36-30-32-38-46-54-71(76)84-60-69(90-73(78)55-47-39-27-23-19-15-11-10-13-17-21-25-33-41-49-63(2)3)62-88-92(81,82)86-58-67(74)57-85-91(79,80)87-61-68(59-83-70(75)53-45-37-31-29-35-43-51-65(6)7)89-72(77)56-48-40-28-24-20-16-12-14-18-22-26-34-42-50-64(4)5/h63-69,74H,9-62H2,1-8H3,(H,79,80)(H,81,82)/t66?,67-,68+,69+/m0/s1. The number of aliphatic hydroxyl groups is 1. The van der Waals surface area contributed by atoms with Gasteiger partial charge in [-0.1, -0.05) is 312 Å². The number of esters is 4. The highest BCUT2D eigenvalue weighted by Crippen LogP contribution is 2.45. The number of hydrogen-bond acceptors (Lipinski definition) is 15. The van der Waals surface area contributed by atoms with E-state index in [1.165, 1.54) is 154 Å². The molecule has 6 atom stereocenters. The molecule has 0 rings (SSSR count). The number of carbonyl (C=O) groups excluding carboxylic acids is 4. The number of unbranched alkanes of at least 4 members (excludes halogenated alkanes) is 35. The molecule has 19 heteroatoms. The predicted molar refractivity (Wildman–Crippen MR) is 372 cm³/mol. The molecule has 0 aromatic carbocycles. The molecule has 0 aliphatic rings. The molecule has 0 aliphatic carbocycles. The minimum atomic E-state index is -4.95. The normalized spacial score (nSPS) is 14.5. The first kappa shape index (κ1) is 90.1. The summed E-state index contributed by atoms with van der Waals surface area (Å²) < 4.78 is 68.4. The number of aliphatic hydroxyl groups excluding tert-OH is 1. The number of ether oxygens (including phenoxy) is 4. The third-order valence-corrected chi connectivity index (χ3v) is 19.1. The average molecular weight is 1350 g/mol. The summed E-state index contributed by atoms with van der Waals surface area (Å²) in [6.45, 7) is 14.1. The molecule has 0 heterocycles. The monoisotopic (exact) mass is 1350 g/mol. The molecule has 3 N–H and O–H groups in total. The van der Waals surface area contributed by atoms with Crippen LogP contribution in [0.1, 0.15) is 364 Å². The molecule has 0 amide bonds. The summed E-state index contributed by atoms with van der Waals surface area (Å²) in [5.41, 5.74) is 0. The van der Waals surface area contributed by atoms with Crippen molar-refractivity contribution in [1.82, 2.24) is 0 Å². The van der Waals surface area contributed by atoms with Gasteiger partial charge in [0, 0.05) is 25.7 Å². The molecule has 0 saturated heterocycles. The molecule has 0 saturated carbocycles. The van der Waals surface area contributed by atoms with Crippen LogP contribution in [-0.2, 0) is 65.4 Å². The molecular weight excluding hydrogens is 1210 g/mol. The summed E-state index contributed by atoms with van der Waals surface area (Å²) in [6, 6.07) is 0. The molecule has 92 heavy (non-hydrogen) atoms. The maximum atomic E-state index is 13.0. The van der Waals surface area contributed by atoms with E-state index in [1.54, 1.807) is 0 Å². The lowest BCUT2D eigenvalue weighted by Gasteiger charge is -2.21. The van der Waals surface area contributed by atoms with Crippen molar-refractivity contribution < 1.29 is 80.2 Å². The van der Waals surface area contributed by atoms with Gasteiger partial charge in [-0.05, 0) is 49.4 Å². The van der Waals surface area contributed by atoms with Gasteiger partial charge in [-0.15, -0.1) is 0 Å². The topological polar surface area (TPSA) is 237 Å². The van der Waals surface area contributed by atoms with Crippen molar-refractivity contribution in [2.45, 2.75) is 382 Å². The predicted octanol–water partition coefficient (Wildman–Crippen LogP) is 20.9. The molecular formula is C73H142O17P2. The highest BCUT2D eigenvalue weighted by Gasteiger charge is 2.30. The van der Waals surface area contributed by atoms with Gasteiger partial charge in [0.15, 0.2) is 12.2 Å². The number of rotatable bonds is 70. The van der Waals surface area contributed by atoms with Crippen LogP contribution in [0.2, 0.25) is 0 Å². The molecule has 3 unspecified atom stereocenters. The molecule has 546 valence electrons. The second-order valence-corrected chi connectivity index (χ2v) is 30.9. The highest BCUT2D eigenvalue weighted by molar-refractivity contribution is 7.47. The molecule has 0 radical (unpaired) electrons. The van der Waals surface area contributed by atoms with E-state index >= 15 is 0 Å². The van der Waals surface area contributed by atoms with E-state index in [2.05, 4.69) is 55.4 Å². The van der Waals surface area contributed by atoms with E-state index in [-0.39, 0.29) is 25.7 Å². The Kier molecular flexibility index (Phi) is 61.3. The third kappa shape index (κ3) is 65.4. The summed E-state index contributed by atoms with van der Waals surface area (Å²) in [6.07, 6.45) is 46.0. The van der Waals surface area contributed by atoms with Gasteiger partial charge in [0.25, 0.3) is 0 Å². The van der Waals surface area contributed by atoms with Gasteiger partial charge in [0.2, 0.25) is 0 Å². The second kappa shape index (κ2) is 62.6. The van der Waals surface area contributed by atoms with Gasteiger partial charge in [-0.25, -0.2) is 9.13 Å². The Balaban J connectivity index is 5.21. The zero-order valence-corrected chi connectivity index (χ0v) is 62.0. The van der Waals surface area contributed by atoms with Crippen molar-refractivity contribution in [3.05, 3.63) is 0 Å². The SMILES string of the molecule is CCC(C)CCCCCCCCC(=O)OC[C@H](COP(=O)(O)OC[C@@H](O)COP(=O)(O)OC[C@@H](COC(=O)CCCCCCCCC(C)C)OC(=O)CCCCCCCCCCCCCCCC(C)C)OC(=O)CCCCCCCCCCCCCCCCC(C)C. The maximum Gasteiger partial charge on any atom is 0.472 e. The Hall–Kier alpha value is -1.94. The van der Waals surface area contributed by atoms with E-state index in [4.69, 9.17) is 37.0 Å².